The highest BCUT2D eigenvalue weighted by molar-refractivity contribution is 5.41. The number of hydrogen-bond donors (Lipinski definition) is 0. The molecule has 0 N–H and O–H groups in total. The van der Waals surface area contributed by atoms with E-state index in [0.29, 0.717) is 24.3 Å². The topological polar surface area (TPSA) is 33.0 Å². The highest BCUT2D eigenvalue weighted by Crippen LogP contribution is 2.39. The van der Waals surface area contributed by atoms with Crippen molar-refractivity contribution >= 4 is 0 Å². The maximum Gasteiger partial charge on any atom is 0.248 e. The second-order valence-corrected chi connectivity index (χ2v) is 4.87. The van der Waals surface area contributed by atoms with Crippen molar-refractivity contribution in [2.24, 2.45) is 5.92 Å². The van der Waals surface area contributed by atoms with Crippen molar-refractivity contribution in [1.29, 1.82) is 5.26 Å². The van der Waals surface area contributed by atoms with Gasteiger partial charge < -0.3 is 4.74 Å². The highest BCUT2D eigenvalue weighted by atomic mass is 19.3. The molecule has 0 spiro atoms. The van der Waals surface area contributed by atoms with E-state index in [1.165, 1.54) is 0 Å². The van der Waals surface area contributed by atoms with E-state index in [-0.39, 0.29) is 18.8 Å². The zero-order valence-electron chi connectivity index (χ0n) is 10.2. The van der Waals surface area contributed by atoms with Crippen LogP contribution in [0.5, 0.6) is 5.75 Å². The molecule has 0 radical (unpaired) electrons. The Bertz CT molecular complexity index is 479. The van der Waals surface area contributed by atoms with Crippen molar-refractivity contribution in [2.75, 3.05) is 6.61 Å². The molecule has 18 heavy (non-hydrogen) atoms. The van der Waals surface area contributed by atoms with Crippen LogP contribution in [0.2, 0.25) is 0 Å². The first kappa shape index (κ1) is 12.8. The third-order valence-corrected chi connectivity index (χ3v) is 3.30. The molecule has 0 aromatic heterocycles. The van der Waals surface area contributed by atoms with Gasteiger partial charge in [-0.1, -0.05) is 6.07 Å². The Balaban J connectivity index is 1.97. The number of benzene rings is 1. The number of nitriles is 1. The van der Waals surface area contributed by atoms with Crippen LogP contribution in [-0.4, -0.2) is 12.5 Å². The van der Waals surface area contributed by atoms with Crippen molar-refractivity contribution in [2.45, 2.75) is 32.1 Å². The lowest BCUT2D eigenvalue weighted by Crippen LogP contribution is -2.14. The van der Waals surface area contributed by atoms with Gasteiger partial charge >= 0.3 is 0 Å². The minimum Gasteiger partial charge on any atom is -0.493 e. The maximum atomic E-state index is 13.0. The fourth-order valence-electron chi connectivity index (χ4n) is 2.22. The summed E-state index contributed by atoms with van der Waals surface area (Å²) in [5.41, 5.74) is 1.44. The molecule has 1 aromatic carbocycles. The van der Waals surface area contributed by atoms with E-state index < -0.39 is 5.92 Å². The van der Waals surface area contributed by atoms with Gasteiger partial charge in [-0.25, -0.2) is 8.78 Å². The van der Waals surface area contributed by atoms with Crippen LogP contribution in [-0.2, 0) is 0 Å². The van der Waals surface area contributed by atoms with E-state index >= 15 is 0 Å². The predicted molar refractivity (Wildman–Crippen MR) is 63.7 cm³/mol. The first-order chi connectivity index (χ1) is 8.50. The summed E-state index contributed by atoms with van der Waals surface area (Å²) in [6.07, 6.45) is 0.367. The van der Waals surface area contributed by atoms with Gasteiger partial charge in [-0.05, 0) is 37.0 Å². The normalized spacial score (nSPS) is 21.6. The smallest absolute Gasteiger partial charge is 0.248 e. The van der Waals surface area contributed by atoms with E-state index in [2.05, 4.69) is 0 Å². The largest absolute Gasteiger partial charge is 0.493 e. The van der Waals surface area contributed by atoms with Crippen LogP contribution in [0.1, 0.15) is 30.4 Å². The molecule has 1 fully saturated rings. The maximum absolute atomic E-state index is 13.0. The van der Waals surface area contributed by atoms with Crippen LogP contribution >= 0.6 is 0 Å². The molecule has 1 unspecified atom stereocenters. The Hall–Kier alpha value is -1.63. The Morgan fingerprint density at radius 3 is 2.89 bits per heavy atom. The third-order valence-electron chi connectivity index (χ3n) is 3.30. The van der Waals surface area contributed by atoms with Crippen LogP contribution in [0, 0.1) is 24.2 Å². The Morgan fingerprint density at radius 2 is 2.28 bits per heavy atom. The molecule has 0 aliphatic heterocycles. The monoisotopic (exact) mass is 251 g/mol. The number of nitrogens with zero attached hydrogens (tertiary/aromatic N) is 1. The molecule has 1 atom stereocenters. The number of halogens is 2. The molecule has 1 saturated carbocycles. The molecule has 1 aliphatic rings. The van der Waals surface area contributed by atoms with Gasteiger partial charge in [-0.3, -0.25) is 0 Å². The van der Waals surface area contributed by atoms with E-state index in [1.54, 1.807) is 18.2 Å². The average molecular weight is 251 g/mol. The average Bonchev–Trinajstić information content (AvgIpc) is 2.68. The summed E-state index contributed by atoms with van der Waals surface area (Å²) < 4.78 is 31.6. The van der Waals surface area contributed by atoms with Gasteiger partial charge in [0.15, 0.2) is 0 Å². The van der Waals surface area contributed by atoms with Crippen LogP contribution in [0.4, 0.5) is 8.78 Å². The highest BCUT2D eigenvalue weighted by Gasteiger charge is 2.39. The van der Waals surface area contributed by atoms with Crippen molar-refractivity contribution in [3.8, 4) is 11.8 Å². The molecule has 2 nitrogen and oxygen atoms in total. The number of rotatable bonds is 3. The lowest BCUT2D eigenvalue weighted by molar-refractivity contribution is 0.00291. The van der Waals surface area contributed by atoms with Gasteiger partial charge in [0.1, 0.15) is 5.75 Å². The summed E-state index contributed by atoms with van der Waals surface area (Å²) >= 11 is 0. The Kier molecular flexibility index (Phi) is 3.51. The van der Waals surface area contributed by atoms with E-state index in [9.17, 15) is 8.78 Å². The molecule has 0 bridgehead atoms. The molecule has 96 valence electrons. The van der Waals surface area contributed by atoms with E-state index in [1.807, 2.05) is 13.0 Å². The number of alkyl halides is 2. The summed E-state index contributed by atoms with van der Waals surface area (Å²) in [5, 5.41) is 8.80. The number of aryl methyl sites for hydroxylation is 1. The molecular formula is C14H15F2NO. The number of hydrogen-bond acceptors (Lipinski definition) is 2. The molecule has 0 heterocycles. The molecule has 0 amide bonds. The molecule has 4 heteroatoms. The second-order valence-electron chi connectivity index (χ2n) is 4.87. The molecule has 0 saturated heterocycles. The number of ether oxygens (including phenoxy) is 1. The fraction of sp³-hybridized carbons (Fsp3) is 0.500. The van der Waals surface area contributed by atoms with Crippen molar-refractivity contribution < 1.29 is 13.5 Å². The summed E-state index contributed by atoms with van der Waals surface area (Å²) in [6.45, 7) is 2.17. The minimum atomic E-state index is -2.53. The van der Waals surface area contributed by atoms with Crippen LogP contribution in [0.15, 0.2) is 18.2 Å². The lowest BCUT2D eigenvalue weighted by Gasteiger charge is -2.14. The quantitative estimate of drug-likeness (QED) is 0.821. The zero-order chi connectivity index (χ0) is 13.2. The standard InChI is InChI=1S/C14H15F2NO/c1-10-2-3-11(8-17)6-13(10)18-9-12-4-5-14(15,16)7-12/h2-3,6,12H,4-5,7,9H2,1H3. The fourth-order valence-corrected chi connectivity index (χ4v) is 2.22. The van der Waals surface area contributed by atoms with Crippen LogP contribution in [0.25, 0.3) is 0 Å². The predicted octanol–water partition coefficient (Wildman–Crippen LogP) is 3.68. The van der Waals surface area contributed by atoms with E-state index in [0.717, 1.165) is 5.56 Å². The summed E-state index contributed by atoms with van der Waals surface area (Å²) in [6, 6.07) is 7.21. The van der Waals surface area contributed by atoms with Gasteiger partial charge in [0, 0.05) is 12.8 Å². The van der Waals surface area contributed by atoms with Gasteiger partial charge in [0.05, 0.1) is 18.2 Å². The summed E-state index contributed by atoms with van der Waals surface area (Å²) in [4.78, 5) is 0. The second kappa shape index (κ2) is 4.93. The Labute approximate surface area is 105 Å². The van der Waals surface area contributed by atoms with Gasteiger partial charge in [-0.15, -0.1) is 0 Å². The first-order valence-electron chi connectivity index (χ1n) is 6.01. The SMILES string of the molecule is Cc1ccc(C#N)cc1OCC1CCC(F)(F)C1. The first-order valence-corrected chi connectivity index (χ1v) is 6.01. The molecule has 1 aliphatic carbocycles. The van der Waals surface area contributed by atoms with Crippen LogP contribution < -0.4 is 4.74 Å². The lowest BCUT2D eigenvalue weighted by atomic mass is 10.1. The minimum absolute atomic E-state index is 0.0434. The van der Waals surface area contributed by atoms with Gasteiger partial charge in [-0.2, -0.15) is 5.26 Å². The van der Waals surface area contributed by atoms with Gasteiger partial charge in [0.25, 0.3) is 0 Å². The molecule has 1 aromatic rings. The molecule has 2 rings (SSSR count). The van der Waals surface area contributed by atoms with Gasteiger partial charge in [0.2, 0.25) is 5.92 Å². The summed E-state index contributed by atoms with van der Waals surface area (Å²) in [7, 11) is 0. The van der Waals surface area contributed by atoms with Crippen molar-refractivity contribution in [1.82, 2.24) is 0 Å². The third kappa shape index (κ3) is 2.98. The molecular weight excluding hydrogens is 236 g/mol. The van der Waals surface area contributed by atoms with E-state index in [4.69, 9.17) is 10.00 Å². The van der Waals surface area contributed by atoms with Crippen LogP contribution in [0.3, 0.4) is 0 Å². The summed E-state index contributed by atoms with van der Waals surface area (Å²) in [5.74, 6) is -2.01. The van der Waals surface area contributed by atoms with Crippen molar-refractivity contribution in [3.63, 3.8) is 0 Å². The zero-order valence-corrected chi connectivity index (χ0v) is 10.2. The Morgan fingerprint density at radius 1 is 1.50 bits per heavy atom. The van der Waals surface area contributed by atoms with Crippen molar-refractivity contribution in [3.05, 3.63) is 29.3 Å².